The first kappa shape index (κ1) is 21.1. The van der Waals surface area contributed by atoms with Crippen molar-refractivity contribution in [2.45, 2.75) is 19.3 Å². The minimum Gasteiger partial charge on any atom is -0.493 e. The molecule has 4 aromatic rings. The predicted octanol–water partition coefficient (Wildman–Crippen LogP) is 6.94. The summed E-state index contributed by atoms with van der Waals surface area (Å²) in [6.07, 6.45) is 9.87. The molecule has 1 heterocycles. The molecule has 0 aliphatic heterocycles. The van der Waals surface area contributed by atoms with Crippen molar-refractivity contribution in [1.29, 1.82) is 0 Å². The molecule has 0 bridgehead atoms. The number of fused-ring (bicyclic) bond motifs is 2. The van der Waals surface area contributed by atoms with E-state index in [0.717, 1.165) is 34.9 Å². The number of benzene rings is 3. The van der Waals surface area contributed by atoms with Gasteiger partial charge in [0.2, 0.25) is 5.75 Å². The molecule has 0 saturated carbocycles. The molecule has 3 aromatic carbocycles. The van der Waals surface area contributed by atoms with Crippen LogP contribution in [0.25, 0.3) is 39.2 Å². The van der Waals surface area contributed by atoms with E-state index in [9.17, 15) is 0 Å². The highest BCUT2D eigenvalue weighted by atomic mass is 16.5. The van der Waals surface area contributed by atoms with Crippen molar-refractivity contribution in [3.05, 3.63) is 78.0 Å². The Hall–Kier alpha value is -3.79. The molecule has 0 N–H and O–H groups in total. The highest BCUT2D eigenvalue weighted by molar-refractivity contribution is 5.97. The summed E-state index contributed by atoms with van der Waals surface area (Å²) >= 11 is 0. The van der Waals surface area contributed by atoms with E-state index in [1.807, 2.05) is 24.4 Å². The lowest BCUT2D eigenvalue weighted by Gasteiger charge is -2.15. The number of ether oxygens (including phenoxy) is 3. The fourth-order valence-corrected chi connectivity index (χ4v) is 4.57. The Morgan fingerprint density at radius 1 is 0.758 bits per heavy atom. The molecule has 0 spiro atoms. The van der Waals surface area contributed by atoms with Gasteiger partial charge in [-0.25, -0.2) is 0 Å². The fraction of sp³-hybridized carbons (Fsp3) is 0.207. The monoisotopic (exact) mass is 437 g/mol. The first-order chi connectivity index (χ1) is 16.2. The number of aryl methyl sites for hydroxylation is 1. The molecule has 166 valence electrons. The van der Waals surface area contributed by atoms with Gasteiger partial charge in [-0.3, -0.25) is 4.98 Å². The summed E-state index contributed by atoms with van der Waals surface area (Å²) in [6.45, 7) is 0. The lowest BCUT2D eigenvalue weighted by atomic mass is 9.95. The molecule has 33 heavy (non-hydrogen) atoms. The first-order valence-corrected chi connectivity index (χ1v) is 11.2. The van der Waals surface area contributed by atoms with Crippen molar-refractivity contribution in [2.24, 2.45) is 0 Å². The van der Waals surface area contributed by atoms with Crippen LogP contribution in [0.3, 0.4) is 0 Å². The minimum atomic E-state index is 0.572. The van der Waals surface area contributed by atoms with Gasteiger partial charge < -0.3 is 14.2 Å². The Bertz CT molecular complexity index is 1330. The quantitative estimate of drug-likeness (QED) is 0.339. The topological polar surface area (TPSA) is 40.6 Å². The second kappa shape index (κ2) is 8.99. The van der Waals surface area contributed by atoms with Crippen LogP contribution in [0.4, 0.5) is 0 Å². The van der Waals surface area contributed by atoms with E-state index < -0.39 is 0 Å². The van der Waals surface area contributed by atoms with Gasteiger partial charge in [0.05, 0.1) is 27.0 Å². The van der Waals surface area contributed by atoms with Crippen LogP contribution >= 0.6 is 0 Å². The van der Waals surface area contributed by atoms with Crippen molar-refractivity contribution in [2.75, 3.05) is 21.3 Å². The van der Waals surface area contributed by atoms with Gasteiger partial charge in [0.15, 0.2) is 11.5 Å². The number of hydrogen-bond acceptors (Lipinski definition) is 4. The molecule has 0 unspecified atom stereocenters. The third-order valence-electron chi connectivity index (χ3n) is 6.30. The zero-order valence-corrected chi connectivity index (χ0v) is 19.2. The third-order valence-corrected chi connectivity index (χ3v) is 6.30. The molecule has 4 heteroatoms. The van der Waals surface area contributed by atoms with E-state index in [1.165, 1.54) is 28.7 Å². The highest BCUT2D eigenvalue weighted by Gasteiger charge is 2.16. The maximum Gasteiger partial charge on any atom is 0.203 e. The van der Waals surface area contributed by atoms with Crippen LogP contribution in [0, 0.1) is 0 Å². The Morgan fingerprint density at radius 3 is 2.27 bits per heavy atom. The standard InChI is InChI=1S/C29H27NO3/c1-31-26-17-24(18-27(32-2)29(26)33-3)28-25-16-23(12-10-20(25)13-14-30-28)22-11-9-19-7-5-4-6-8-21(19)15-22/h6,8-18H,4-5,7H2,1-3H3. The van der Waals surface area contributed by atoms with Gasteiger partial charge in [-0.15, -0.1) is 0 Å². The lowest BCUT2D eigenvalue weighted by Crippen LogP contribution is -1.96. The average Bonchev–Trinajstić information content (AvgIpc) is 3.12. The van der Waals surface area contributed by atoms with Gasteiger partial charge in [0, 0.05) is 17.1 Å². The molecule has 4 nitrogen and oxygen atoms in total. The molecule has 0 amide bonds. The molecule has 1 aliphatic carbocycles. The Kier molecular flexibility index (Phi) is 5.74. The van der Waals surface area contributed by atoms with Crippen LogP contribution in [0.2, 0.25) is 0 Å². The van der Waals surface area contributed by atoms with E-state index >= 15 is 0 Å². The van der Waals surface area contributed by atoms with Crippen LogP contribution in [-0.2, 0) is 6.42 Å². The molecule has 5 rings (SSSR count). The number of nitrogens with zero attached hydrogens (tertiary/aromatic N) is 1. The molecular formula is C29H27NO3. The Balaban J connectivity index is 1.66. The third kappa shape index (κ3) is 3.93. The first-order valence-electron chi connectivity index (χ1n) is 11.2. The Morgan fingerprint density at radius 2 is 1.52 bits per heavy atom. The zero-order valence-electron chi connectivity index (χ0n) is 19.2. The summed E-state index contributed by atoms with van der Waals surface area (Å²) in [6, 6.07) is 19.3. The van der Waals surface area contributed by atoms with E-state index in [-0.39, 0.29) is 0 Å². The van der Waals surface area contributed by atoms with Gasteiger partial charge in [-0.1, -0.05) is 36.4 Å². The van der Waals surface area contributed by atoms with Crippen molar-refractivity contribution >= 4 is 16.8 Å². The number of aromatic nitrogens is 1. The maximum atomic E-state index is 5.57. The van der Waals surface area contributed by atoms with Crippen molar-refractivity contribution in [3.63, 3.8) is 0 Å². The van der Waals surface area contributed by atoms with Crippen molar-refractivity contribution in [1.82, 2.24) is 4.98 Å². The summed E-state index contributed by atoms with van der Waals surface area (Å²) in [5, 5.41) is 2.21. The highest BCUT2D eigenvalue weighted by Crippen LogP contribution is 2.42. The summed E-state index contributed by atoms with van der Waals surface area (Å²) in [5.74, 6) is 1.79. The Labute approximate surface area is 194 Å². The van der Waals surface area contributed by atoms with Crippen LogP contribution < -0.4 is 14.2 Å². The van der Waals surface area contributed by atoms with Crippen LogP contribution in [0.5, 0.6) is 17.2 Å². The molecular weight excluding hydrogens is 410 g/mol. The SMILES string of the molecule is COc1cc(-c2nccc3ccc(-c4ccc5c(c4)C=CCCC5)cc23)cc(OC)c1OC. The number of allylic oxidation sites excluding steroid dienone is 1. The van der Waals surface area contributed by atoms with Crippen molar-refractivity contribution in [3.8, 4) is 39.6 Å². The maximum absolute atomic E-state index is 5.57. The average molecular weight is 438 g/mol. The van der Waals surface area contributed by atoms with Crippen molar-refractivity contribution < 1.29 is 14.2 Å². The summed E-state index contributed by atoms with van der Waals surface area (Å²) in [5.41, 5.74) is 6.92. The lowest BCUT2D eigenvalue weighted by molar-refractivity contribution is 0.324. The second-order valence-electron chi connectivity index (χ2n) is 8.22. The van der Waals surface area contributed by atoms with Crippen LogP contribution in [0.15, 0.2) is 66.9 Å². The zero-order chi connectivity index (χ0) is 22.8. The fourth-order valence-electron chi connectivity index (χ4n) is 4.57. The molecule has 0 saturated heterocycles. The normalized spacial score (nSPS) is 12.8. The van der Waals surface area contributed by atoms with Gasteiger partial charge in [0.1, 0.15) is 0 Å². The number of hydrogen-bond donors (Lipinski definition) is 0. The van der Waals surface area contributed by atoms with Gasteiger partial charge in [-0.05, 0) is 77.2 Å². The smallest absolute Gasteiger partial charge is 0.203 e. The van der Waals surface area contributed by atoms with E-state index in [4.69, 9.17) is 19.2 Å². The minimum absolute atomic E-state index is 0.572. The largest absolute Gasteiger partial charge is 0.493 e. The predicted molar refractivity (Wildman–Crippen MR) is 134 cm³/mol. The summed E-state index contributed by atoms with van der Waals surface area (Å²) in [4.78, 5) is 4.74. The molecule has 0 radical (unpaired) electrons. The molecule has 1 aromatic heterocycles. The van der Waals surface area contributed by atoms with E-state index in [0.29, 0.717) is 17.2 Å². The van der Waals surface area contributed by atoms with E-state index in [1.54, 1.807) is 21.3 Å². The number of pyridine rings is 1. The van der Waals surface area contributed by atoms with Gasteiger partial charge >= 0.3 is 0 Å². The summed E-state index contributed by atoms with van der Waals surface area (Å²) < 4.78 is 16.6. The molecule has 0 atom stereocenters. The molecule has 1 aliphatic rings. The number of rotatable bonds is 5. The van der Waals surface area contributed by atoms with Crippen LogP contribution in [0.1, 0.15) is 24.0 Å². The molecule has 0 fully saturated rings. The second-order valence-corrected chi connectivity index (χ2v) is 8.22. The summed E-state index contributed by atoms with van der Waals surface area (Å²) in [7, 11) is 4.86. The van der Waals surface area contributed by atoms with Gasteiger partial charge in [0.25, 0.3) is 0 Å². The van der Waals surface area contributed by atoms with Gasteiger partial charge in [-0.2, -0.15) is 0 Å². The van der Waals surface area contributed by atoms with Crippen LogP contribution in [-0.4, -0.2) is 26.3 Å². The number of methoxy groups -OCH3 is 3. The van der Waals surface area contributed by atoms with E-state index in [2.05, 4.69) is 48.6 Å².